The summed E-state index contributed by atoms with van der Waals surface area (Å²) in [5.74, 6) is 0.392. The van der Waals surface area contributed by atoms with E-state index in [0.717, 1.165) is 4.47 Å². The predicted octanol–water partition coefficient (Wildman–Crippen LogP) is 5.39. The first-order chi connectivity index (χ1) is 16.5. The van der Waals surface area contributed by atoms with Crippen LogP contribution in [0, 0.1) is 0 Å². The van der Waals surface area contributed by atoms with Crippen LogP contribution in [0.25, 0.3) is 16.6 Å². The number of amides is 1. The average Bonchev–Trinajstić information content (AvgIpc) is 2.87. The molecule has 1 atom stereocenters. The van der Waals surface area contributed by atoms with Gasteiger partial charge < -0.3 is 9.64 Å². The standard InChI is InChI=1S/C27H26BrN3O3/c1-3-24(30(17-18-34-2)26(32)19-9-5-4-6-10-19)25-29-23-12-8-7-11-22(23)27(33)31(25)21-15-13-20(28)14-16-21/h4-16,24H,3,17-18H2,1-2H3. The van der Waals surface area contributed by atoms with Crippen molar-refractivity contribution in [3.63, 3.8) is 0 Å². The van der Waals surface area contributed by atoms with Gasteiger partial charge >= 0.3 is 0 Å². The second kappa shape index (κ2) is 10.8. The van der Waals surface area contributed by atoms with Crippen molar-refractivity contribution in [3.05, 3.63) is 105 Å². The molecule has 1 unspecified atom stereocenters. The van der Waals surface area contributed by atoms with E-state index in [1.807, 2.05) is 67.6 Å². The molecule has 0 N–H and O–H groups in total. The quantitative estimate of drug-likeness (QED) is 0.313. The van der Waals surface area contributed by atoms with Crippen LogP contribution in [0.2, 0.25) is 0 Å². The molecule has 4 rings (SSSR count). The highest BCUT2D eigenvalue weighted by molar-refractivity contribution is 9.10. The van der Waals surface area contributed by atoms with Crippen molar-refractivity contribution >= 4 is 32.7 Å². The minimum Gasteiger partial charge on any atom is -0.383 e. The van der Waals surface area contributed by atoms with Gasteiger partial charge in [0, 0.05) is 23.7 Å². The molecular weight excluding hydrogens is 494 g/mol. The summed E-state index contributed by atoms with van der Waals surface area (Å²) in [6, 6.07) is 23.5. The lowest BCUT2D eigenvalue weighted by Crippen LogP contribution is -2.40. The highest BCUT2D eigenvalue weighted by Gasteiger charge is 2.29. The van der Waals surface area contributed by atoms with E-state index in [9.17, 15) is 9.59 Å². The molecule has 1 aromatic heterocycles. The number of halogens is 1. The maximum atomic E-state index is 13.7. The third-order valence-electron chi connectivity index (χ3n) is 5.77. The normalized spacial score (nSPS) is 12.0. The van der Waals surface area contributed by atoms with Gasteiger partial charge in [-0.05, 0) is 55.0 Å². The third kappa shape index (κ3) is 4.81. The number of ether oxygens (including phenoxy) is 1. The van der Waals surface area contributed by atoms with Crippen LogP contribution in [0.3, 0.4) is 0 Å². The number of para-hydroxylation sites is 1. The summed E-state index contributed by atoms with van der Waals surface area (Å²) in [6.07, 6.45) is 0.573. The third-order valence-corrected chi connectivity index (χ3v) is 6.29. The Labute approximate surface area is 206 Å². The van der Waals surface area contributed by atoms with E-state index in [2.05, 4.69) is 15.9 Å². The summed E-state index contributed by atoms with van der Waals surface area (Å²) in [4.78, 5) is 34.0. The van der Waals surface area contributed by atoms with Gasteiger partial charge in [0.1, 0.15) is 5.82 Å². The number of hydrogen-bond donors (Lipinski definition) is 0. The van der Waals surface area contributed by atoms with Crippen LogP contribution in [0.4, 0.5) is 0 Å². The molecule has 0 aliphatic heterocycles. The van der Waals surface area contributed by atoms with Crippen LogP contribution in [0.15, 0.2) is 88.1 Å². The van der Waals surface area contributed by atoms with Crippen molar-refractivity contribution in [2.75, 3.05) is 20.3 Å². The Morgan fingerprint density at radius 3 is 2.38 bits per heavy atom. The van der Waals surface area contributed by atoms with Gasteiger partial charge in [-0.3, -0.25) is 14.2 Å². The van der Waals surface area contributed by atoms with Crippen molar-refractivity contribution in [1.82, 2.24) is 14.5 Å². The highest BCUT2D eigenvalue weighted by atomic mass is 79.9. The summed E-state index contributed by atoms with van der Waals surface area (Å²) in [7, 11) is 1.61. The maximum absolute atomic E-state index is 13.7. The van der Waals surface area contributed by atoms with Gasteiger partial charge in [-0.2, -0.15) is 0 Å². The number of nitrogens with zero attached hydrogens (tertiary/aromatic N) is 3. The molecule has 174 valence electrons. The number of aromatic nitrogens is 2. The van der Waals surface area contributed by atoms with Gasteiger partial charge in [-0.15, -0.1) is 0 Å². The molecule has 34 heavy (non-hydrogen) atoms. The molecule has 0 radical (unpaired) electrons. The van der Waals surface area contributed by atoms with E-state index in [0.29, 0.717) is 47.6 Å². The van der Waals surface area contributed by atoms with Crippen LogP contribution in [-0.4, -0.2) is 40.6 Å². The van der Waals surface area contributed by atoms with E-state index in [4.69, 9.17) is 9.72 Å². The molecule has 3 aromatic carbocycles. The SMILES string of the molecule is CCC(c1nc2ccccc2c(=O)n1-c1ccc(Br)cc1)N(CCOC)C(=O)c1ccccc1. The number of benzene rings is 3. The van der Waals surface area contributed by atoms with Crippen molar-refractivity contribution in [2.45, 2.75) is 19.4 Å². The fourth-order valence-electron chi connectivity index (χ4n) is 4.09. The molecule has 4 aromatic rings. The van der Waals surface area contributed by atoms with Crippen LogP contribution in [0.5, 0.6) is 0 Å². The minimum atomic E-state index is -0.441. The summed E-state index contributed by atoms with van der Waals surface area (Å²) < 4.78 is 7.86. The number of rotatable bonds is 8. The molecule has 0 aliphatic carbocycles. The fourth-order valence-corrected chi connectivity index (χ4v) is 4.35. The Morgan fingerprint density at radius 2 is 1.71 bits per heavy atom. The molecule has 1 amide bonds. The smallest absolute Gasteiger partial charge is 0.266 e. The fraction of sp³-hybridized carbons (Fsp3) is 0.222. The van der Waals surface area contributed by atoms with E-state index in [-0.39, 0.29) is 11.5 Å². The molecule has 0 saturated carbocycles. The largest absolute Gasteiger partial charge is 0.383 e. The monoisotopic (exact) mass is 519 g/mol. The molecular formula is C27H26BrN3O3. The van der Waals surface area contributed by atoms with Gasteiger partial charge in [0.05, 0.1) is 29.2 Å². The van der Waals surface area contributed by atoms with E-state index in [1.54, 1.807) is 34.8 Å². The van der Waals surface area contributed by atoms with Crippen molar-refractivity contribution in [2.24, 2.45) is 0 Å². The first kappa shape index (κ1) is 23.9. The molecule has 0 aliphatic rings. The highest BCUT2D eigenvalue weighted by Crippen LogP contribution is 2.28. The van der Waals surface area contributed by atoms with Crippen LogP contribution >= 0.6 is 15.9 Å². The minimum absolute atomic E-state index is 0.130. The molecule has 1 heterocycles. The average molecular weight is 520 g/mol. The van der Waals surface area contributed by atoms with Gasteiger partial charge in [0.2, 0.25) is 0 Å². The van der Waals surface area contributed by atoms with Crippen LogP contribution in [-0.2, 0) is 4.74 Å². The number of carbonyl (C=O) groups excluding carboxylic acids is 1. The lowest BCUT2D eigenvalue weighted by Gasteiger charge is -2.32. The first-order valence-corrected chi connectivity index (χ1v) is 12.0. The molecule has 7 heteroatoms. The molecule has 0 saturated heterocycles. The number of fused-ring (bicyclic) bond motifs is 1. The van der Waals surface area contributed by atoms with E-state index < -0.39 is 6.04 Å². The lowest BCUT2D eigenvalue weighted by atomic mass is 10.1. The summed E-state index contributed by atoms with van der Waals surface area (Å²) >= 11 is 3.46. The molecule has 0 fully saturated rings. The Kier molecular flexibility index (Phi) is 7.55. The Hall–Kier alpha value is -3.29. The molecule has 0 spiro atoms. The second-order valence-corrected chi connectivity index (χ2v) is 8.80. The summed E-state index contributed by atoms with van der Waals surface area (Å²) in [5.41, 5.74) is 1.71. The molecule has 6 nitrogen and oxygen atoms in total. The van der Waals surface area contributed by atoms with Crippen molar-refractivity contribution < 1.29 is 9.53 Å². The van der Waals surface area contributed by atoms with Gasteiger partial charge in [0.25, 0.3) is 11.5 Å². The van der Waals surface area contributed by atoms with Crippen molar-refractivity contribution in [3.8, 4) is 5.69 Å². The van der Waals surface area contributed by atoms with Gasteiger partial charge in [-0.1, -0.05) is 53.2 Å². The maximum Gasteiger partial charge on any atom is 0.266 e. The van der Waals surface area contributed by atoms with Gasteiger partial charge in [0.15, 0.2) is 0 Å². The van der Waals surface area contributed by atoms with Crippen LogP contribution < -0.4 is 5.56 Å². The zero-order valence-electron chi connectivity index (χ0n) is 19.1. The van der Waals surface area contributed by atoms with E-state index >= 15 is 0 Å². The summed E-state index contributed by atoms with van der Waals surface area (Å²) in [6.45, 7) is 2.73. The zero-order chi connectivity index (χ0) is 24.1. The lowest BCUT2D eigenvalue weighted by molar-refractivity contribution is 0.0579. The Morgan fingerprint density at radius 1 is 1.03 bits per heavy atom. The summed E-state index contributed by atoms with van der Waals surface area (Å²) in [5, 5.41) is 0.529. The second-order valence-electron chi connectivity index (χ2n) is 7.89. The van der Waals surface area contributed by atoms with Crippen LogP contribution in [0.1, 0.15) is 35.6 Å². The molecule has 0 bridgehead atoms. The Bertz CT molecular complexity index is 1340. The number of carbonyl (C=O) groups is 1. The van der Waals surface area contributed by atoms with E-state index in [1.165, 1.54) is 0 Å². The Balaban J connectivity index is 1.94. The van der Waals surface area contributed by atoms with Crippen molar-refractivity contribution in [1.29, 1.82) is 0 Å². The zero-order valence-corrected chi connectivity index (χ0v) is 20.7. The van der Waals surface area contributed by atoms with Gasteiger partial charge in [-0.25, -0.2) is 4.98 Å². The number of methoxy groups -OCH3 is 1. The topological polar surface area (TPSA) is 64.4 Å². The number of hydrogen-bond acceptors (Lipinski definition) is 4. The predicted molar refractivity (Wildman–Crippen MR) is 137 cm³/mol. The first-order valence-electron chi connectivity index (χ1n) is 11.2.